The fraction of sp³-hybridized carbons (Fsp3) is 0.917. The van der Waals surface area contributed by atoms with E-state index in [1.54, 1.807) is 0 Å². The number of hydrogen-bond acceptors (Lipinski definition) is 3. The second-order valence-electron chi connectivity index (χ2n) is 4.45. The molecule has 86 valence electrons. The largest absolute Gasteiger partial charge is 0.375 e. The van der Waals surface area contributed by atoms with Gasteiger partial charge in [-0.25, -0.2) is 0 Å². The van der Waals surface area contributed by atoms with Crippen molar-refractivity contribution in [2.45, 2.75) is 51.7 Å². The minimum Gasteiger partial charge on any atom is -0.375 e. The van der Waals surface area contributed by atoms with Gasteiger partial charge in [-0.3, -0.25) is 0 Å². The van der Waals surface area contributed by atoms with E-state index in [1.807, 2.05) is 6.92 Å². The van der Waals surface area contributed by atoms with Gasteiger partial charge >= 0.3 is 0 Å². The Morgan fingerprint density at radius 3 is 2.60 bits per heavy atom. The van der Waals surface area contributed by atoms with Crippen LogP contribution in [0.3, 0.4) is 0 Å². The lowest BCUT2D eigenvalue weighted by molar-refractivity contribution is 0.0147. The smallest absolute Gasteiger partial charge is 0.119 e. The summed E-state index contributed by atoms with van der Waals surface area (Å²) in [7, 11) is 0. The van der Waals surface area contributed by atoms with Crippen LogP contribution in [-0.4, -0.2) is 25.3 Å². The zero-order chi connectivity index (χ0) is 11.1. The molecule has 1 N–H and O–H groups in total. The van der Waals surface area contributed by atoms with Crippen LogP contribution in [0.4, 0.5) is 0 Å². The van der Waals surface area contributed by atoms with Crippen molar-refractivity contribution in [3.05, 3.63) is 0 Å². The van der Waals surface area contributed by atoms with E-state index in [0.717, 1.165) is 25.3 Å². The molecule has 1 atom stereocenters. The average Bonchev–Trinajstić information content (AvgIpc) is 2.26. The molecule has 0 saturated heterocycles. The number of nitriles is 1. The van der Waals surface area contributed by atoms with E-state index >= 15 is 0 Å². The number of nitrogens with one attached hydrogen (secondary N) is 1. The average molecular weight is 210 g/mol. The third-order valence-corrected chi connectivity index (χ3v) is 3.07. The Kier molecular flexibility index (Phi) is 5.67. The normalized spacial score (nSPS) is 28.3. The molecule has 0 aliphatic heterocycles. The first-order chi connectivity index (χ1) is 7.26. The van der Waals surface area contributed by atoms with Gasteiger partial charge in [0.2, 0.25) is 0 Å². The predicted molar refractivity (Wildman–Crippen MR) is 60.4 cm³/mol. The molecule has 0 aromatic heterocycles. The summed E-state index contributed by atoms with van der Waals surface area (Å²) in [5, 5.41) is 11.9. The molecule has 0 heterocycles. The Balaban J connectivity index is 2.16. The van der Waals surface area contributed by atoms with E-state index in [0.29, 0.717) is 12.7 Å². The summed E-state index contributed by atoms with van der Waals surface area (Å²) in [4.78, 5) is 0. The molecule has 15 heavy (non-hydrogen) atoms. The summed E-state index contributed by atoms with van der Waals surface area (Å²) in [6.45, 7) is 5.66. The Bertz CT molecular complexity index is 204. The van der Waals surface area contributed by atoms with E-state index in [4.69, 9.17) is 10.00 Å². The molecule has 1 aliphatic carbocycles. The molecule has 0 radical (unpaired) electrons. The number of nitrogens with zero attached hydrogens (tertiary/aromatic N) is 1. The molecule has 0 aromatic carbocycles. The summed E-state index contributed by atoms with van der Waals surface area (Å²) in [5.74, 6) is 0.852. The molecule has 0 amide bonds. The van der Waals surface area contributed by atoms with Crippen molar-refractivity contribution < 1.29 is 4.74 Å². The van der Waals surface area contributed by atoms with E-state index in [1.165, 1.54) is 12.8 Å². The van der Waals surface area contributed by atoms with E-state index in [2.05, 4.69) is 18.3 Å². The van der Waals surface area contributed by atoms with Crippen molar-refractivity contribution >= 4 is 0 Å². The highest BCUT2D eigenvalue weighted by Crippen LogP contribution is 2.25. The first-order valence-corrected chi connectivity index (χ1v) is 6.00. The maximum atomic E-state index is 8.84. The van der Waals surface area contributed by atoms with Crippen LogP contribution in [0.15, 0.2) is 0 Å². The lowest BCUT2D eigenvalue weighted by atomic mass is 9.89. The lowest BCUT2D eigenvalue weighted by Crippen LogP contribution is -2.34. The predicted octanol–water partition coefficient (Wildman–Crippen LogP) is 2.08. The highest BCUT2D eigenvalue weighted by molar-refractivity contribution is 4.89. The van der Waals surface area contributed by atoms with Crippen LogP contribution in [0.5, 0.6) is 0 Å². The number of rotatable bonds is 5. The van der Waals surface area contributed by atoms with Gasteiger partial charge in [-0.2, -0.15) is 5.26 Å². The molecule has 0 aromatic rings. The molecular weight excluding hydrogens is 188 g/mol. The maximum Gasteiger partial charge on any atom is 0.119 e. The fourth-order valence-electron chi connectivity index (χ4n) is 2.02. The van der Waals surface area contributed by atoms with E-state index in [9.17, 15) is 0 Å². The summed E-state index contributed by atoms with van der Waals surface area (Å²) in [6, 6.07) is 2.07. The molecule has 1 saturated carbocycles. The third-order valence-electron chi connectivity index (χ3n) is 3.07. The summed E-state index contributed by atoms with van der Waals surface area (Å²) >= 11 is 0. The Morgan fingerprint density at radius 1 is 1.40 bits per heavy atom. The molecule has 1 rings (SSSR count). The molecule has 1 aliphatic rings. The van der Waals surface area contributed by atoms with Gasteiger partial charge in [0.15, 0.2) is 0 Å². The standard InChI is InChI=1S/C12H22N2O/c1-3-14-11(8-13)9-15-12-6-4-10(2)5-7-12/h10-12,14H,3-7,9H2,1-2H3. The molecule has 0 bridgehead atoms. The van der Waals surface area contributed by atoms with Gasteiger partial charge in [-0.15, -0.1) is 0 Å². The molecule has 0 spiro atoms. The second-order valence-corrected chi connectivity index (χ2v) is 4.45. The van der Waals surface area contributed by atoms with Crippen LogP contribution in [0.25, 0.3) is 0 Å². The van der Waals surface area contributed by atoms with E-state index < -0.39 is 0 Å². The Hall–Kier alpha value is -0.590. The SMILES string of the molecule is CCNC(C#N)COC1CCC(C)CC1. The highest BCUT2D eigenvalue weighted by Gasteiger charge is 2.19. The van der Waals surface area contributed by atoms with Gasteiger partial charge < -0.3 is 10.1 Å². The first kappa shape index (κ1) is 12.5. The van der Waals surface area contributed by atoms with Crippen molar-refractivity contribution in [3.63, 3.8) is 0 Å². The molecular formula is C12H22N2O. The number of likely N-dealkylation sites (N-methyl/N-ethyl adjacent to an activating group) is 1. The van der Waals surface area contributed by atoms with Crippen molar-refractivity contribution in [3.8, 4) is 6.07 Å². The van der Waals surface area contributed by atoms with E-state index in [-0.39, 0.29) is 6.04 Å². The van der Waals surface area contributed by atoms with Gasteiger partial charge in [-0.1, -0.05) is 13.8 Å². The summed E-state index contributed by atoms with van der Waals surface area (Å²) < 4.78 is 5.75. The minimum absolute atomic E-state index is 0.144. The van der Waals surface area contributed by atoms with Crippen molar-refractivity contribution in [2.75, 3.05) is 13.2 Å². The van der Waals surface area contributed by atoms with Crippen LogP contribution in [0.2, 0.25) is 0 Å². The molecule has 3 nitrogen and oxygen atoms in total. The third kappa shape index (κ3) is 4.63. The Morgan fingerprint density at radius 2 is 2.07 bits per heavy atom. The summed E-state index contributed by atoms with van der Waals surface area (Å²) in [5.41, 5.74) is 0. The second kappa shape index (κ2) is 6.81. The van der Waals surface area contributed by atoms with Gasteiger partial charge in [0.1, 0.15) is 6.04 Å². The van der Waals surface area contributed by atoms with Crippen molar-refractivity contribution in [2.24, 2.45) is 5.92 Å². The topological polar surface area (TPSA) is 45.0 Å². The minimum atomic E-state index is -0.144. The molecule has 3 heteroatoms. The first-order valence-electron chi connectivity index (χ1n) is 6.00. The van der Waals surface area contributed by atoms with Gasteiger partial charge in [0, 0.05) is 0 Å². The zero-order valence-corrected chi connectivity index (χ0v) is 9.83. The van der Waals surface area contributed by atoms with Crippen LogP contribution in [0, 0.1) is 17.2 Å². The van der Waals surface area contributed by atoms with Gasteiger partial charge in [0.05, 0.1) is 18.8 Å². The van der Waals surface area contributed by atoms with Crippen molar-refractivity contribution in [1.82, 2.24) is 5.32 Å². The highest BCUT2D eigenvalue weighted by atomic mass is 16.5. The fourth-order valence-corrected chi connectivity index (χ4v) is 2.02. The number of hydrogen-bond donors (Lipinski definition) is 1. The van der Waals surface area contributed by atoms with Crippen molar-refractivity contribution in [1.29, 1.82) is 5.26 Å². The van der Waals surface area contributed by atoms with Crippen LogP contribution >= 0.6 is 0 Å². The number of ether oxygens (including phenoxy) is 1. The van der Waals surface area contributed by atoms with Crippen LogP contribution < -0.4 is 5.32 Å². The monoisotopic (exact) mass is 210 g/mol. The molecule has 1 fully saturated rings. The van der Waals surface area contributed by atoms with Crippen LogP contribution in [-0.2, 0) is 4.74 Å². The Labute approximate surface area is 92.8 Å². The maximum absolute atomic E-state index is 8.84. The quantitative estimate of drug-likeness (QED) is 0.755. The van der Waals surface area contributed by atoms with Gasteiger partial charge in [-0.05, 0) is 38.1 Å². The van der Waals surface area contributed by atoms with Gasteiger partial charge in [0.25, 0.3) is 0 Å². The summed E-state index contributed by atoms with van der Waals surface area (Å²) in [6.07, 6.45) is 5.24. The zero-order valence-electron chi connectivity index (χ0n) is 9.83. The molecule has 1 unspecified atom stereocenters. The van der Waals surface area contributed by atoms with Crippen LogP contribution in [0.1, 0.15) is 39.5 Å². The lowest BCUT2D eigenvalue weighted by Gasteiger charge is -2.27.